The van der Waals surface area contributed by atoms with Crippen molar-refractivity contribution in [1.82, 2.24) is 10.2 Å². The molecule has 0 unspecified atom stereocenters. The van der Waals surface area contributed by atoms with Crippen molar-refractivity contribution in [1.29, 1.82) is 0 Å². The van der Waals surface area contributed by atoms with E-state index in [1.165, 1.54) is 0 Å². The Labute approximate surface area is 134 Å². The molecule has 1 saturated heterocycles. The third-order valence-electron chi connectivity index (χ3n) is 3.67. The van der Waals surface area contributed by atoms with Gasteiger partial charge in [0, 0.05) is 19.6 Å². The van der Waals surface area contributed by atoms with Gasteiger partial charge in [-0.15, -0.1) is 0 Å². The van der Waals surface area contributed by atoms with Crippen molar-refractivity contribution in [3.05, 3.63) is 29.8 Å². The highest BCUT2D eigenvalue weighted by Gasteiger charge is 2.21. The molecule has 7 nitrogen and oxygen atoms in total. The Bertz CT molecular complexity index is 582. The van der Waals surface area contributed by atoms with Crippen molar-refractivity contribution in [3.63, 3.8) is 0 Å². The van der Waals surface area contributed by atoms with Crippen LogP contribution < -0.4 is 10.6 Å². The summed E-state index contributed by atoms with van der Waals surface area (Å²) in [6, 6.07) is 6.31. The van der Waals surface area contributed by atoms with E-state index in [0.29, 0.717) is 11.3 Å². The second-order valence-electron chi connectivity index (χ2n) is 5.42. The first-order valence-electron chi connectivity index (χ1n) is 7.73. The highest BCUT2D eigenvalue weighted by Crippen LogP contribution is 2.19. The second-order valence-corrected chi connectivity index (χ2v) is 5.42. The lowest BCUT2D eigenvalue weighted by molar-refractivity contribution is -0.136. The zero-order chi connectivity index (χ0) is 16.7. The molecule has 0 aromatic heterocycles. The van der Waals surface area contributed by atoms with Gasteiger partial charge in [0.2, 0.25) is 0 Å². The first kappa shape index (κ1) is 16.8. The summed E-state index contributed by atoms with van der Waals surface area (Å²) < 4.78 is 0. The number of carboxylic acids is 1. The standard InChI is InChI=1S/C16H21N3O4/c20-14(21)8-9-17-16(23)18-13-7-3-2-6-12(13)15(22)19-10-4-1-5-11-19/h2-3,6-7H,1,4-5,8-11H2,(H,20,21)(H2,17,18,23). The van der Waals surface area contributed by atoms with Gasteiger partial charge in [0.15, 0.2) is 0 Å². The van der Waals surface area contributed by atoms with Crippen LogP contribution in [0.3, 0.4) is 0 Å². The highest BCUT2D eigenvalue weighted by atomic mass is 16.4. The molecule has 3 amide bonds. The van der Waals surface area contributed by atoms with Crippen LogP contribution in [0.2, 0.25) is 0 Å². The SMILES string of the molecule is O=C(O)CCNC(=O)Nc1ccccc1C(=O)N1CCCCC1. The van der Waals surface area contributed by atoms with Crippen LogP contribution in [-0.2, 0) is 4.79 Å². The van der Waals surface area contributed by atoms with Crippen LogP contribution in [0.1, 0.15) is 36.0 Å². The Kier molecular flexibility index (Phi) is 5.96. The van der Waals surface area contributed by atoms with E-state index in [1.807, 2.05) is 0 Å². The van der Waals surface area contributed by atoms with Gasteiger partial charge in [0.25, 0.3) is 5.91 Å². The predicted molar refractivity (Wildman–Crippen MR) is 85.5 cm³/mol. The Morgan fingerprint density at radius 2 is 1.78 bits per heavy atom. The van der Waals surface area contributed by atoms with E-state index in [-0.39, 0.29) is 18.9 Å². The van der Waals surface area contributed by atoms with Crippen molar-refractivity contribution in [2.24, 2.45) is 0 Å². The summed E-state index contributed by atoms with van der Waals surface area (Å²) in [6.45, 7) is 1.50. The number of benzene rings is 1. The van der Waals surface area contributed by atoms with Gasteiger partial charge < -0.3 is 20.6 Å². The Morgan fingerprint density at radius 1 is 1.09 bits per heavy atom. The minimum atomic E-state index is -0.981. The van der Waals surface area contributed by atoms with E-state index in [4.69, 9.17) is 5.11 Å². The number of para-hydroxylation sites is 1. The number of urea groups is 1. The van der Waals surface area contributed by atoms with Crippen LogP contribution in [0.4, 0.5) is 10.5 Å². The smallest absolute Gasteiger partial charge is 0.319 e. The zero-order valence-corrected chi connectivity index (χ0v) is 12.9. The maximum atomic E-state index is 12.6. The lowest BCUT2D eigenvalue weighted by Crippen LogP contribution is -2.36. The summed E-state index contributed by atoms with van der Waals surface area (Å²) in [4.78, 5) is 36.6. The molecule has 1 fully saturated rings. The molecular weight excluding hydrogens is 298 g/mol. The third kappa shape index (κ3) is 4.98. The first-order chi connectivity index (χ1) is 11.1. The van der Waals surface area contributed by atoms with Crippen LogP contribution in [0, 0.1) is 0 Å². The van der Waals surface area contributed by atoms with Gasteiger partial charge in [-0.05, 0) is 31.4 Å². The van der Waals surface area contributed by atoms with E-state index in [1.54, 1.807) is 29.2 Å². The second kappa shape index (κ2) is 8.17. The van der Waals surface area contributed by atoms with Crippen LogP contribution in [0.25, 0.3) is 0 Å². The third-order valence-corrected chi connectivity index (χ3v) is 3.67. The molecule has 23 heavy (non-hydrogen) atoms. The topological polar surface area (TPSA) is 98.7 Å². The number of likely N-dealkylation sites (tertiary alicyclic amines) is 1. The van der Waals surface area contributed by atoms with E-state index in [0.717, 1.165) is 32.4 Å². The Balaban J connectivity index is 2.00. The molecule has 0 spiro atoms. The summed E-state index contributed by atoms with van der Waals surface area (Å²) in [5.41, 5.74) is 0.874. The molecule has 1 aliphatic rings. The number of amides is 3. The number of hydrogen-bond acceptors (Lipinski definition) is 3. The maximum Gasteiger partial charge on any atom is 0.319 e. The molecule has 1 heterocycles. The summed E-state index contributed by atoms with van der Waals surface area (Å²) in [5.74, 6) is -1.07. The molecule has 3 N–H and O–H groups in total. The van der Waals surface area contributed by atoms with Gasteiger partial charge in [-0.25, -0.2) is 4.79 Å². The van der Waals surface area contributed by atoms with Gasteiger partial charge in [0.05, 0.1) is 17.7 Å². The van der Waals surface area contributed by atoms with Gasteiger partial charge in [0.1, 0.15) is 0 Å². The lowest BCUT2D eigenvalue weighted by Gasteiger charge is -2.27. The van der Waals surface area contributed by atoms with Crippen LogP contribution in [0.15, 0.2) is 24.3 Å². The fraction of sp³-hybridized carbons (Fsp3) is 0.438. The number of nitrogens with zero attached hydrogens (tertiary/aromatic N) is 1. The number of rotatable bonds is 5. The summed E-state index contributed by atoms with van der Waals surface area (Å²) in [7, 11) is 0. The van der Waals surface area contributed by atoms with Crippen LogP contribution in [0.5, 0.6) is 0 Å². The molecular formula is C16H21N3O4. The average Bonchev–Trinajstić information content (AvgIpc) is 2.55. The summed E-state index contributed by atoms with van der Waals surface area (Å²) in [5, 5.41) is 13.6. The van der Waals surface area contributed by atoms with Crippen LogP contribution in [-0.4, -0.2) is 47.5 Å². The number of nitrogens with one attached hydrogen (secondary N) is 2. The molecule has 0 atom stereocenters. The van der Waals surface area contributed by atoms with Crippen LogP contribution >= 0.6 is 0 Å². The first-order valence-corrected chi connectivity index (χ1v) is 7.73. The maximum absolute atomic E-state index is 12.6. The van der Waals surface area contributed by atoms with Gasteiger partial charge in [-0.1, -0.05) is 12.1 Å². The number of piperidine rings is 1. The Hall–Kier alpha value is -2.57. The highest BCUT2D eigenvalue weighted by molar-refractivity contribution is 6.03. The van der Waals surface area contributed by atoms with E-state index in [2.05, 4.69) is 10.6 Å². The minimum absolute atomic E-state index is 0.0312. The molecule has 0 aliphatic carbocycles. The number of anilines is 1. The van der Waals surface area contributed by atoms with Gasteiger partial charge in [-0.2, -0.15) is 0 Å². The fourth-order valence-electron chi connectivity index (χ4n) is 2.50. The minimum Gasteiger partial charge on any atom is -0.481 e. The number of hydrogen-bond donors (Lipinski definition) is 3. The van der Waals surface area contributed by atoms with Gasteiger partial charge in [-0.3, -0.25) is 9.59 Å². The number of aliphatic carboxylic acids is 1. The lowest BCUT2D eigenvalue weighted by atomic mass is 10.1. The van der Waals surface area contributed by atoms with Crippen molar-refractivity contribution in [3.8, 4) is 0 Å². The van der Waals surface area contributed by atoms with E-state index >= 15 is 0 Å². The fourth-order valence-corrected chi connectivity index (χ4v) is 2.50. The van der Waals surface area contributed by atoms with E-state index in [9.17, 15) is 14.4 Å². The molecule has 0 saturated carbocycles. The molecule has 1 aromatic carbocycles. The number of carboxylic acid groups (broad SMARTS) is 1. The summed E-state index contributed by atoms with van der Waals surface area (Å²) >= 11 is 0. The number of carbonyl (C=O) groups excluding carboxylic acids is 2. The predicted octanol–water partition coefficient (Wildman–Crippen LogP) is 1.91. The molecule has 7 heteroatoms. The summed E-state index contributed by atoms with van der Waals surface area (Å²) in [6.07, 6.45) is 2.98. The normalized spacial score (nSPS) is 14.2. The van der Waals surface area contributed by atoms with Gasteiger partial charge >= 0.3 is 12.0 Å². The van der Waals surface area contributed by atoms with Crippen molar-refractivity contribution in [2.75, 3.05) is 25.0 Å². The van der Waals surface area contributed by atoms with Crippen molar-refractivity contribution < 1.29 is 19.5 Å². The molecule has 1 aromatic rings. The molecule has 1 aliphatic heterocycles. The molecule has 0 bridgehead atoms. The Morgan fingerprint density at radius 3 is 2.48 bits per heavy atom. The largest absolute Gasteiger partial charge is 0.481 e. The molecule has 124 valence electrons. The number of carbonyl (C=O) groups is 3. The van der Waals surface area contributed by atoms with Crippen molar-refractivity contribution in [2.45, 2.75) is 25.7 Å². The molecule has 2 rings (SSSR count). The van der Waals surface area contributed by atoms with Crippen molar-refractivity contribution >= 4 is 23.6 Å². The monoisotopic (exact) mass is 319 g/mol. The zero-order valence-electron chi connectivity index (χ0n) is 12.9. The average molecular weight is 319 g/mol. The molecule has 0 radical (unpaired) electrons. The quantitative estimate of drug-likeness (QED) is 0.772. The van der Waals surface area contributed by atoms with E-state index < -0.39 is 12.0 Å².